The normalized spacial score (nSPS) is 10.2. The lowest BCUT2D eigenvalue weighted by Gasteiger charge is -2.11. The maximum atomic E-state index is 12.2. The lowest BCUT2D eigenvalue weighted by atomic mass is 10.0. The maximum Gasteiger partial charge on any atom is 0.356 e. The maximum absolute atomic E-state index is 12.2. The minimum Gasteiger partial charge on any atom is -0.508 e. The van der Waals surface area contributed by atoms with Gasteiger partial charge in [0.25, 0.3) is 5.91 Å². The van der Waals surface area contributed by atoms with Gasteiger partial charge in [0.1, 0.15) is 11.5 Å². The lowest BCUT2D eigenvalue weighted by Crippen LogP contribution is -2.16. The third-order valence-corrected chi connectivity index (χ3v) is 3.02. The average molecular weight is 332 g/mol. The summed E-state index contributed by atoms with van der Waals surface area (Å²) in [6.07, 6.45) is 0.629. The van der Waals surface area contributed by atoms with Crippen LogP contribution in [0.3, 0.4) is 0 Å². The molecular formula is C15H12N2O7. The molecule has 1 heterocycles. The van der Waals surface area contributed by atoms with E-state index in [1.165, 1.54) is 18.3 Å². The van der Waals surface area contributed by atoms with Crippen molar-refractivity contribution in [2.45, 2.75) is 6.42 Å². The van der Waals surface area contributed by atoms with E-state index in [0.29, 0.717) is 0 Å². The summed E-state index contributed by atoms with van der Waals surface area (Å²) in [6, 6.07) is 4.66. The molecule has 0 saturated heterocycles. The van der Waals surface area contributed by atoms with Gasteiger partial charge in [-0.05, 0) is 24.3 Å². The van der Waals surface area contributed by atoms with E-state index in [2.05, 4.69) is 10.3 Å². The highest BCUT2D eigenvalue weighted by Gasteiger charge is 2.20. The molecule has 2 aromatic rings. The predicted octanol–water partition coefficient (Wildman–Crippen LogP) is 1.07. The number of hydrogen-bond acceptors (Lipinski definition) is 6. The Balaban J connectivity index is 2.39. The quantitative estimate of drug-likeness (QED) is 0.509. The lowest BCUT2D eigenvalue weighted by molar-refractivity contribution is -0.136. The van der Waals surface area contributed by atoms with Crippen molar-refractivity contribution in [3.8, 4) is 11.5 Å². The second-order valence-corrected chi connectivity index (χ2v) is 4.73. The molecule has 0 bridgehead atoms. The molecule has 9 heteroatoms. The number of phenolic OH excluding ortho intramolecular Hbond substituents is 2. The summed E-state index contributed by atoms with van der Waals surface area (Å²) in [5.41, 5.74) is -1.07. The van der Waals surface area contributed by atoms with Crippen molar-refractivity contribution in [3.63, 3.8) is 0 Å². The first-order chi connectivity index (χ1) is 11.3. The molecule has 0 aliphatic heterocycles. The van der Waals surface area contributed by atoms with Crippen LogP contribution in [0, 0.1) is 0 Å². The first-order valence-electron chi connectivity index (χ1n) is 6.56. The molecule has 0 aliphatic carbocycles. The summed E-state index contributed by atoms with van der Waals surface area (Å²) in [5, 5.41) is 39.7. The molecule has 9 nitrogen and oxygen atoms in total. The van der Waals surface area contributed by atoms with Crippen molar-refractivity contribution in [2.75, 3.05) is 5.32 Å². The molecular weight excluding hydrogens is 320 g/mol. The number of carbonyl (C=O) groups excluding carboxylic acids is 1. The number of aliphatic carboxylic acids is 1. The van der Waals surface area contributed by atoms with E-state index in [1.807, 2.05) is 0 Å². The van der Waals surface area contributed by atoms with Gasteiger partial charge in [0.05, 0.1) is 17.7 Å². The highest BCUT2D eigenvalue weighted by Crippen LogP contribution is 2.29. The number of aromatic carboxylic acids is 1. The summed E-state index contributed by atoms with van der Waals surface area (Å²) >= 11 is 0. The molecule has 124 valence electrons. The van der Waals surface area contributed by atoms with E-state index in [0.717, 1.165) is 12.1 Å². The number of aromatic nitrogens is 1. The summed E-state index contributed by atoms with van der Waals surface area (Å²) < 4.78 is 0. The van der Waals surface area contributed by atoms with Crippen LogP contribution in [-0.2, 0) is 11.2 Å². The molecule has 1 aromatic carbocycles. The number of carbonyl (C=O) groups is 3. The number of aromatic hydroxyl groups is 2. The standard InChI is InChI=1S/C15H12N2O7/c18-8-4-7(5-11(19)20)13(21)9(6-8)14(22)17-10-2-1-3-16-12(10)15(23)24/h1-4,6,18,21H,5H2,(H,17,22)(H,19,20)(H,23,24). The third kappa shape index (κ3) is 3.58. The van der Waals surface area contributed by atoms with Crippen LogP contribution >= 0.6 is 0 Å². The molecule has 0 saturated carbocycles. The van der Waals surface area contributed by atoms with Crippen LogP contribution in [0.1, 0.15) is 26.4 Å². The van der Waals surface area contributed by atoms with E-state index < -0.39 is 47.0 Å². The minimum atomic E-state index is -1.36. The second-order valence-electron chi connectivity index (χ2n) is 4.73. The number of benzene rings is 1. The van der Waals surface area contributed by atoms with Crippen molar-refractivity contribution < 1.29 is 34.8 Å². The highest BCUT2D eigenvalue weighted by atomic mass is 16.4. The Labute approximate surface area is 134 Å². The minimum absolute atomic E-state index is 0.113. The SMILES string of the molecule is O=C(O)Cc1cc(O)cc(C(=O)Nc2cccnc2C(=O)O)c1O. The largest absolute Gasteiger partial charge is 0.508 e. The monoisotopic (exact) mass is 332 g/mol. The van der Waals surface area contributed by atoms with Crippen molar-refractivity contribution in [2.24, 2.45) is 0 Å². The molecule has 0 aliphatic rings. The molecule has 0 atom stereocenters. The number of hydrogen-bond donors (Lipinski definition) is 5. The molecule has 1 aromatic heterocycles. The van der Waals surface area contributed by atoms with Gasteiger partial charge in [-0.2, -0.15) is 0 Å². The summed E-state index contributed by atoms with van der Waals surface area (Å²) in [7, 11) is 0. The van der Waals surface area contributed by atoms with Gasteiger partial charge in [0, 0.05) is 11.8 Å². The zero-order valence-corrected chi connectivity index (χ0v) is 12.1. The summed E-state index contributed by atoms with van der Waals surface area (Å²) in [4.78, 5) is 37.7. The van der Waals surface area contributed by atoms with Gasteiger partial charge in [0.2, 0.25) is 0 Å². The Kier molecular flexibility index (Phi) is 4.64. The van der Waals surface area contributed by atoms with Gasteiger partial charge in [-0.25, -0.2) is 9.78 Å². The van der Waals surface area contributed by atoms with Crippen LogP contribution in [0.15, 0.2) is 30.5 Å². The Morgan fingerprint density at radius 1 is 1.12 bits per heavy atom. The van der Waals surface area contributed by atoms with Crippen LogP contribution in [0.5, 0.6) is 11.5 Å². The van der Waals surface area contributed by atoms with Crippen LogP contribution in [-0.4, -0.2) is 43.3 Å². The number of carboxylic acids is 2. The third-order valence-electron chi connectivity index (χ3n) is 3.02. The average Bonchev–Trinajstić information content (AvgIpc) is 2.50. The Bertz CT molecular complexity index is 833. The molecule has 0 radical (unpaired) electrons. The fourth-order valence-corrected chi connectivity index (χ4v) is 2.01. The van der Waals surface area contributed by atoms with Gasteiger partial charge in [0.15, 0.2) is 5.69 Å². The predicted molar refractivity (Wildman–Crippen MR) is 80.3 cm³/mol. The van der Waals surface area contributed by atoms with Crippen molar-refractivity contribution in [1.29, 1.82) is 0 Å². The molecule has 24 heavy (non-hydrogen) atoms. The fraction of sp³-hybridized carbons (Fsp3) is 0.0667. The first-order valence-corrected chi connectivity index (χ1v) is 6.56. The van der Waals surface area contributed by atoms with Crippen LogP contribution in [0.2, 0.25) is 0 Å². The van der Waals surface area contributed by atoms with Gasteiger partial charge in [-0.1, -0.05) is 0 Å². The molecule has 0 fully saturated rings. The van der Waals surface area contributed by atoms with Gasteiger partial charge in [-0.15, -0.1) is 0 Å². The van der Waals surface area contributed by atoms with E-state index in [-0.39, 0.29) is 11.3 Å². The number of nitrogens with one attached hydrogen (secondary N) is 1. The van der Waals surface area contributed by atoms with Crippen LogP contribution in [0.4, 0.5) is 5.69 Å². The number of amides is 1. The van der Waals surface area contributed by atoms with Crippen molar-refractivity contribution in [3.05, 3.63) is 47.3 Å². The Hall–Kier alpha value is -3.62. The van der Waals surface area contributed by atoms with E-state index in [4.69, 9.17) is 10.2 Å². The fourth-order valence-electron chi connectivity index (χ4n) is 2.01. The number of pyridine rings is 1. The molecule has 0 unspecified atom stereocenters. The molecule has 0 spiro atoms. The van der Waals surface area contributed by atoms with E-state index >= 15 is 0 Å². The molecule has 5 N–H and O–H groups in total. The van der Waals surface area contributed by atoms with Crippen molar-refractivity contribution >= 4 is 23.5 Å². The van der Waals surface area contributed by atoms with E-state index in [9.17, 15) is 24.6 Å². The van der Waals surface area contributed by atoms with Crippen molar-refractivity contribution in [1.82, 2.24) is 4.98 Å². The number of rotatable bonds is 5. The van der Waals surface area contributed by atoms with E-state index in [1.54, 1.807) is 0 Å². The number of anilines is 1. The molecule has 2 rings (SSSR count). The smallest absolute Gasteiger partial charge is 0.356 e. The Morgan fingerprint density at radius 2 is 1.83 bits per heavy atom. The van der Waals surface area contributed by atoms with Crippen LogP contribution < -0.4 is 5.32 Å². The Morgan fingerprint density at radius 3 is 2.46 bits per heavy atom. The first kappa shape index (κ1) is 16.7. The topological polar surface area (TPSA) is 157 Å². The van der Waals surface area contributed by atoms with Gasteiger partial charge >= 0.3 is 11.9 Å². The summed E-state index contributed by atoms with van der Waals surface area (Å²) in [6.45, 7) is 0. The summed E-state index contributed by atoms with van der Waals surface area (Å²) in [5.74, 6) is -4.59. The van der Waals surface area contributed by atoms with Crippen LogP contribution in [0.25, 0.3) is 0 Å². The zero-order valence-electron chi connectivity index (χ0n) is 12.1. The number of carboxylic acid groups (broad SMARTS) is 2. The van der Waals surface area contributed by atoms with Gasteiger partial charge < -0.3 is 25.7 Å². The van der Waals surface area contributed by atoms with Gasteiger partial charge in [-0.3, -0.25) is 9.59 Å². The number of phenols is 2. The molecule has 1 amide bonds. The zero-order chi connectivity index (χ0) is 17.9. The second kappa shape index (κ2) is 6.65. The highest BCUT2D eigenvalue weighted by molar-refractivity contribution is 6.09. The number of nitrogens with zero attached hydrogens (tertiary/aromatic N) is 1.